The van der Waals surface area contributed by atoms with Crippen LogP contribution in [-0.4, -0.2) is 50.6 Å². The van der Waals surface area contributed by atoms with E-state index in [1.165, 1.54) is 21.9 Å². The van der Waals surface area contributed by atoms with Crippen LogP contribution in [0.25, 0.3) is 11.0 Å². The van der Waals surface area contributed by atoms with E-state index in [2.05, 4.69) is 4.98 Å². The van der Waals surface area contributed by atoms with Crippen molar-refractivity contribution in [3.05, 3.63) is 24.0 Å². The van der Waals surface area contributed by atoms with Crippen molar-refractivity contribution < 1.29 is 32.2 Å². The molecule has 1 fully saturated rings. The van der Waals surface area contributed by atoms with Gasteiger partial charge in [0.25, 0.3) is 0 Å². The average molecular weight is 470 g/mol. The Balaban J connectivity index is 1.90. The van der Waals surface area contributed by atoms with Gasteiger partial charge >= 0.3 is 12.3 Å². The van der Waals surface area contributed by atoms with E-state index in [0.29, 0.717) is 0 Å². The molecule has 182 valence electrons. The van der Waals surface area contributed by atoms with Crippen molar-refractivity contribution in [2.24, 2.45) is 0 Å². The van der Waals surface area contributed by atoms with Gasteiger partial charge in [0.2, 0.25) is 0 Å². The molecular weight excluding hydrogens is 439 g/mol. The first-order valence-electron chi connectivity index (χ1n) is 10.9. The van der Waals surface area contributed by atoms with Gasteiger partial charge < -0.3 is 14.0 Å². The van der Waals surface area contributed by atoms with Gasteiger partial charge in [0.05, 0.1) is 29.0 Å². The van der Waals surface area contributed by atoms with Crippen molar-refractivity contribution in [2.75, 3.05) is 6.61 Å². The minimum absolute atomic E-state index is 0.0123. The smallest absolute Gasteiger partial charge is 0.418 e. The first-order chi connectivity index (χ1) is 15.2. The number of imidazole rings is 1. The second-order valence-corrected chi connectivity index (χ2v) is 9.73. The van der Waals surface area contributed by atoms with Crippen molar-refractivity contribution in [2.45, 2.75) is 84.3 Å². The van der Waals surface area contributed by atoms with E-state index in [1.807, 2.05) is 0 Å². The molecular formula is C23H30F3N3O4. The van der Waals surface area contributed by atoms with Gasteiger partial charge in [0.1, 0.15) is 23.7 Å². The third-order valence-electron chi connectivity index (χ3n) is 5.41. The molecule has 0 spiro atoms. The third-order valence-corrected chi connectivity index (χ3v) is 5.41. The second kappa shape index (κ2) is 8.87. The van der Waals surface area contributed by atoms with E-state index in [1.54, 1.807) is 41.5 Å². The highest BCUT2D eigenvalue weighted by Gasteiger charge is 2.39. The summed E-state index contributed by atoms with van der Waals surface area (Å²) in [6.07, 6.45) is -3.59. The molecule has 2 aromatic rings. The van der Waals surface area contributed by atoms with Crippen LogP contribution in [0.3, 0.4) is 0 Å². The monoisotopic (exact) mass is 469 g/mol. The number of carbonyl (C=O) groups excluding carboxylic acids is 2. The Bertz CT molecular complexity index is 1040. The summed E-state index contributed by atoms with van der Waals surface area (Å²) in [6, 6.07) is 1.10. The van der Waals surface area contributed by atoms with Gasteiger partial charge in [-0.05, 0) is 47.6 Å². The van der Waals surface area contributed by atoms with E-state index in [0.717, 1.165) is 6.07 Å². The number of hydrogen-bond donors (Lipinski definition) is 0. The lowest BCUT2D eigenvalue weighted by atomic mass is 9.96. The van der Waals surface area contributed by atoms with Crippen molar-refractivity contribution in [3.8, 4) is 5.75 Å². The quantitative estimate of drug-likeness (QED) is 0.602. The van der Waals surface area contributed by atoms with Crippen LogP contribution in [0.4, 0.5) is 18.0 Å². The summed E-state index contributed by atoms with van der Waals surface area (Å²) in [7, 11) is 0. The molecule has 2 heterocycles. The number of hydrogen-bond acceptors (Lipinski definition) is 5. The number of ether oxygens (including phenoxy) is 2. The number of halogens is 3. The van der Waals surface area contributed by atoms with Gasteiger partial charge in [-0.2, -0.15) is 13.2 Å². The number of rotatable bonds is 4. The molecule has 1 amide bonds. The topological polar surface area (TPSA) is 73.7 Å². The number of alkyl halides is 3. The highest BCUT2D eigenvalue weighted by atomic mass is 19.4. The van der Waals surface area contributed by atoms with Crippen LogP contribution in [0, 0.1) is 0 Å². The largest absolute Gasteiger partial charge is 0.491 e. The third kappa shape index (κ3) is 5.59. The molecule has 3 rings (SSSR count). The molecule has 1 aliphatic rings. The van der Waals surface area contributed by atoms with Gasteiger partial charge in [-0.25, -0.2) is 9.78 Å². The number of amides is 1. The number of nitrogens with zero attached hydrogens (tertiary/aromatic N) is 3. The molecule has 7 nitrogen and oxygen atoms in total. The molecule has 1 saturated heterocycles. The highest BCUT2D eigenvalue weighted by Crippen LogP contribution is 2.38. The summed E-state index contributed by atoms with van der Waals surface area (Å²) >= 11 is 0. The lowest BCUT2D eigenvalue weighted by Crippen LogP contribution is -2.54. The Labute approximate surface area is 190 Å². The maximum Gasteiger partial charge on any atom is 0.418 e. The summed E-state index contributed by atoms with van der Waals surface area (Å²) in [5.74, 6) is -0.0725. The van der Waals surface area contributed by atoms with E-state index in [9.17, 15) is 22.8 Å². The normalized spacial score (nSPS) is 19.9. The number of likely N-dealkylation sites (tertiary alicyclic amines) is 1. The standard InChI is InChI=1S/C23H30F3N3O4/c1-13(2)28-12-27-19-10-17(9-18(20(19)28)23(24,25)26)32-11-15-8-16(30)7-14(3)29(15)21(31)33-22(4,5)6/h9-10,12-15H,7-8,11H2,1-6H3/t14-,15-/m0/s1. The van der Waals surface area contributed by atoms with Gasteiger partial charge in [-0.3, -0.25) is 9.69 Å². The summed E-state index contributed by atoms with van der Waals surface area (Å²) < 4.78 is 54.1. The summed E-state index contributed by atoms with van der Waals surface area (Å²) in [6.45, 7) is 10.3. The van der Waals surface area contributed by atoms with Crippen LogP contribution in [0.15, 0.2) is 18.5 Å². The molecule has 1 aromatic carbocycles. The molecule has 0 saturated carbocycles. The number of ketones is 1. The van der Waals surface area contributed by atoms with Crippen LogP contribution in [0.2, 0.25) is 0 Å². The van der Waals surface area contributed by atoms with Crippen LogP contribution < -0.4 is 4.74 Å². The Morgan fingerprint density at radius 3 is 2.45 bits per heavy atom. The van der Waals surface area contributed by atoms with Crippen LogP contribution in [0.5, 0.6) is 5.75 Å². The molecule has 2 atom stereocenters. The fraction of sp³-hybridized carbons (Fsp3) is 0.609. The molecule has 33 heavy (non-hydrogen) atoms. The summed E-state index contributed by atoms with van der Waals surface area (Å²) in [5.41, 5.74) is -1.43. The van der Waals surface area contributed by atoms with Crippen molar-refractivity contribution >= 4 is 22.9 Å². The summed E-state index contributed by atoms with van der Waals surface area (Å²) in [4.78, 5) is 30.5. The van der Waals surface area contributed by atoms with Crippen molar-refractivity contribution in [1.29, 1.82) is 0 Å². The second-order valence-electron chi connectivity index (χ2n) is 9.73. The highest BCUT2D eigenvalue weighted by molar-refractivity contribution is 5.83. The predicted molar refractivity (Wildman–Crippen MR) is 116 cm³/mol. The van der Waals surface area contributed by atoms with Crippen molar-refractivity contribution in [3.63, 3.8) is 0 Å². The van der Waals surface area contributed by atoms with Crippen molar-refractivity contribution in [1.82, 2.24) is 14.5 Å². The van der Waals surface area contributed by atoms with E-state index < -0.39 is 35.5 Å². The Kier molecular flexibility index (Phi) is 6.68. The van der Waals surface area contributed by atoms with E-state index in [-0.39, 0.29) is 48.1 Å². The molecule has 0 N–H and O–H groups in total. The molecule has 0 bridgehead atoms. The fourth-order valence-electron chi connectivity index (χ4n) is 4.04. The van der Waals surface area contributed by atoms with Crippen LogP contribution in [0.1, 0.15) is 66.0 Å². The maximum atomic E-state index is 13.8. The number of Topliss-reactive ketones (excluding diaryl/α,β-unsaturated/α-hetero) is 1. The first kappa shape index (κ1) is 24.9. The maximum absolute atomic E-state index is 13.8. The number of carbonyl (C=O) groups is 2. The fourth-order valence-corrected chi connectivity index (χ4v) is 4.04. The Morgan fingerprint density at radius 1 is 1.21 bits per heavy atom. The average Bonchev–Trinajstić information content (AvgIpc) is 3.06. The first-order valence-corrected chi connectivity index (χ1v) is 10.9. The van der Waals surface area contributed by atoms with Crippen LogP contribution in [-0.2, 0) is 15.7 Å². The molecule has 1 aliphatic heterocycles. The lowest BCUT2D eigenvalue weighted by molar-refractivity contribution is -0.136. The Hall–Kier alpha value is -2.78. The minimum Gasteiger partial charge on any atom is -0.491 e. The summed E-state index contributed by atoms with van der Waals surface area (Å²) in [5, 5.41) is 0. The van der Waals surface area contributed by atoms with Gasteiger partial charge in [0, 0.05) is 31.0 Å². The molecule has 0 unspecified atom stereocenters. The minimum atomic E-state index is -4.61. The zero-order valence-corrected chi connectivity index (χ0v) is 19.7. The number of fused-ring (bicyclic) bond motifs is 1. The molecule has 0 aliphatic carbocycles. The Morgan fingerprint density at radius 2 is 1.88 bits per heavy atom. The number of aromatic nitrogens is 2. The van der Waals surface area contributed by atoms with Gasteiger partial charge in [0.15, 0.2) is 0 Å². The SMILES string of the molecule is CC(C)n1cnc2cc(OC[C@@H]3CC(=O)C[C@H](C)N3C(=O)OC(C)(C)C)cc(C(F)(F)F)c21. The zero-order valence-electron chi connectivity index (χ0n) is 19.7. The predicted octanol–water partition coefficient (Wildman–Crippen LogP) is 5.37. The lowest BCUT2D eigenvalue weighted by Gasteiger charge is -2.40. The molecule has 0 radical (unpaired) electrons. The van der Waals surface area contributed by atoms with E-state index >= 15 is 0 Å². The zero-order chi connectivity index (χ0) is 24.7. The number of piperidine rings is 1. The van der Waals surface area contributed by atoms with Crippen LogP contribution >= 0.6 is 0 Å². The number of benzene rings is 1. The van der Waals surface area contributed by atoms with Gasteiger partial charge in [-0.1, -0.05) is 0 Å². The molecule has 1 aromatic heterocycles. The van der Waals surface area contributed by atoms with Gasteiger partial charge in [-0.15, -0.1) is 0 Å². The van der Waals surface area contributed by atoms with E-state index in [4.69, 9.17) is 9.47 Å². The molecule has 10 heteroatoms.